The molecule has 0 aliphatic heterocycles. The number of aryl methyl sites for hydroxylation is 2. The molecule has 0 unspecified atom stereocenters. The molecule has 0 saturated heterocycles. The molecule has 116 valence electrons. The molecule has 6 nitrogen and oxygen atoms in total. The molecule has 1 N–H and O–H groups in total. The highest BCUT2D eigenvalue weighted by atomic mass is 32.2. The molecule has 0 aromatic carbocycles. The number of hydrogen-bond acceptors (Lipinski definition) is 4. The normalized spacial score (nSPS) is 18.9. The van der Waals surface area contributed by atoms with Gasteiger partial charge in [-0.15, -0.1) is 0 Å². The molecular formula is C14H22N4O2S. The lowest BCUT2D eigenvalue weighted by Crippen LogP contribution is -2.47. The molecule has 21 heavy (non-hydrogen) atoms. The molecule has 0 atom stereocenters. The van der Waals surface area contributed by atoms with Crippen molar-refractivity contribution in [3.63, 3.8) is 0 Å². The molecule has 1 aromatic heterocycles. The van der Waals surface area contributed by atoms with Gasteiger partial charge in [-0.25, -0.2) is 13.4 Å². The van der Waals surface area contributed by atoms with Gasteiger partial charge in [0.25, 0.3) is 10.0 Å². The van der Waals surface area contributed by atoms with Gasteiger partial charge in [-0.3, -0.25) is 0 Å². The van der Waals surface area contributed by atoms with Crippen LogP contribution < -0.4 is 4.72 Å². The predicted octanol–water partition coefficient (Wildman–Crippen LogP) is 2.11. The Labute approximate surface area is 126 Å². The van der Waals surface area contributed by atoms with Crippen LogP contribution in [0, 0.1) is 18.3 Å². The van der Waals surface area contributed by atoms with Crippen molar-refractivity contribution >= 4 is 10.0 Å². The summed E-state index contributed by atoms with van der Waals surface area (Å²) < 4.78 is 29.4. The Bertz CT molecular complexity index is 634. The van der Waals surface area contributed by atoms with Crippen LogP contribution in [0.5, 0.6) is 0 Å². The van der Waals surface area contributed by atoms with Crippen LogP contribution in [0.2, 0.25) is 0 Å². The fraction of sp³-hybridized carbons (Fsp3) is 0.714. The van der Waals surface area contributed by atoms with Crippen LogP contribution in [-0.2, 0) is 16.6 Å². The van der Waals surface area contributed by atoms with E-state index in [2.05, 4.69) is 15.8 Å². The van der Waals surface area contributed by atoms with Crippen LogP contribution in [-0.4, -0.2) is 23.5 Å². The molecule has 1 aliphatic carbocycles. The van der Waals surface area contributed by atoms with Gasteiger partial charge < -0.3 is 4.57 Å². The number of sulfonamides is 1. The third kappa shape index (κ3) is 3.44. The van der Waals surface area contributed by atoms with E-state index in [1.165, 1.54) is 6.20 Å². The van der Waals surface area contributed by atoms with Crippen molar-refractivity contribution in [3.05, 3.63) is 12.0 Å². The van der Waals surface area contributed by atoms with Crippen LogP contribution in [0.1, 0.15) is 51.3 Å². The Kier molecular flexibility index (Phi) is 4.69. The maximum absolute atomic E-state index is 12.5. The van der Waals surface area contributed by atoms with Crippen LogP contribution in [0.3, 0.4) is 0 Å². The highest BCUT2D eigenvalue weighted by Gasteiger charge is 2.36. The first-order valence-electron chi connectivity index (χ1n) is 7.41. The zero-order valence-electron chi connectivity index (χ0n) is 12.6. The largest absolute Gasteiger partial charge is 0.334 e. The molecule has 1 saturated carbocycles. The van der Waals surface area contributed by atoms with E-state index in [-0.39, 0.29) is 5.03 Å². The van der Waals surface area contributed by atoms with Crippen LogP contribution in [0.25, 0.3) is 0 Å². The highest BCUT2D eigenvalue weighted by Crippen LogP contribution is 2.28. The smallest absolute Gasteiger partial charge is 0.260 e. The summed E-state index contributed by atoms with van der Waals surface area (Å²) >= 11 is 0. The second kappa shape index (κ2) is 6.16. The van der Waals surface area contributed by atoms with Gasteiger partial charge in [-0.05, 0) is 26.7 Å². The van der Waals surface area contributed by atoms with Gasteiger partial charge in [0.05, 0.1) is 6.07 Å². The molecule has 0 bridgehead atoms. The van der Waals surface area contributed by atoms with Gasteiger partial charge in [0, 0.05) is 12.7 Å². The summed E-state index contributed by atoms with van der Waals surface area (Å²) in [6.45, 7) is 4.37. The fourth-order valence-electron chi connectivity index (χ4n) is 2.81. The van der Waals surface area contributed by atoms with Gasteiger partial charge in [-0.2, -0.15) is 9.98 Å². The van der Waals surface area contributed by atoms with Gasteiger partial charge in [0.2, 0.25) is 0 Å². The SMILES string of the molecule is CCn1cc(S(=O)(=O)NC2(C#N)CCCCCC2)nc1C. The Balaban J connectivity index is 2.28. The van der Waals surface area contributed by atoms with Gasteiger partial charge in [0.15, 0.2) is 5.03 Å². The minimum atomic E-state index is -3.76. The van der Waals surface area contributed by atoms with E-state index in [9.17, 15) is 13.7 Å². The Morgan fingerprint density at radius 1 is 1.38 bits per heavy atom. The monoisotopic (exact) mass is 310 g/mol. The second-order valence-corrected chi connectivity index (χ2v) is 7.26. The van der Waals surface area contributed by atoms with Crippen molar-refractivity contribution in [2.24, 2.45) is 0 Å². The number of imidazole rings is 1. The van der Waals surface area contributed by atoms with Crippen molar-refractivity contribution in [1.82, 2.24) is 14.3 Å². The third-order valence-electron chi connectivity index (χ3n) is 4.07. The molecule has 0 radical (unpaired) electrons. The minimum absolute atomic E-state index is 0.000668. The van der Waals surface area contributed by atoms with Crippen molar-refractivity contribution in [2.75, 3.05) is 0 Å². The lowest BCUT2D eigenvalue weighted by Gasteiger charge is -2.25. The molecule has 2 rings (SSSR count). The Morgan fingerprint density at radius 3 is 2.48 bits per heavy atom. The quantitative estimate of drug-likeness (QED) is 0.863. The minimum Gasteiger partial charge on any atom is -0.334 e. The number of rotatable bonds is 4. The average molecular weight is 310 g/mol. The maximum atomic E-state index is 12.5. The van der Waals surface area contributed by atoms with Crippen molar-refractivity contribution in [1.29, 1.82) is 5.26 Å². The third-order valence-corrected chi connectivity index (χ3v) is 5.48. The number of nitrogens with zero attached hydrogens (tertiary/aromatic N) is 3. The molecule has 0 spiro atoms. The average Bonchev–Trinajstić information content (AvgIpc) is 2.69. The van der Waals surface area contributed by atoms with E-state index in [1.54, 1.807) is 11.5 Å². The van der Waals surface area contributed by atoms with E-state index in [0.29, 0.717) is 25.2 Å². The van der Waals surface area contributed by atoms with Crippen molar-refractivity contribution in [2.45, 2.75) is 69.5 Å². The first kappa shape index (κ1) is 16.0. The maximum Gasteiger partial charge on any atom is 0.260 e. The van der Waals surface area contributed by atoms with Gasteiger partial charge >= 0.3 is 0 Å². The highest BCUT2D eigenvalue weighted by molar-refractivity contribution is 7.89. The molecule has 7 heteroatoms. The van der Waals surface area contributed by atoms with Gasteiger partial charge in [0.1, 0.15) is 11.4 Å². The second-order valence-electron chi connectivity index (χ2n) is 5.63. The topological polar surface area (TPSA) is 87.8 Å². The number of nitriles is 1. The summed E-state index contributed by atoms with van der Waals surface area (Å²) in [6.07, 6.45) is 6.51. The standard InChI is InChI=1S/C14H22N4O2S/c1-3-18-10-13(16-12(18)2)21(19,20)17-14(11-15)8-6-4-5-7-9-14/h10,17H,3-9H2,1-2H3. The first-order chi connectivity index (χ1) is 9.92. The molecule has 1 aromatic rings. The molecular weight excluding hydrogens is 288 g/mol. The fourth-order valence-corrected chi connectivity index (χ4v) is 4.19. The summed E-state index contributed by atoms with van der Waals surface area (Å²) in [4.78, 5) is 4.11. The molecule has 1 fully saturated rings. The van der Waals surface area contributed by atoms with E-state index in [1.807, 2.05) is 6.92 Å². The van der Waals surface area contributed by atoms with Gasteiger partial charge in [-0.1, -0.05) is 25.7 Å². The van der Waals surface area contributed by atoms with Crippen LogP contribution in [0.15, 0.2) is 11.2 Å². The number of aromatic nitrogens is 2. The van der Waals surface area contributed by atoms with Crippen LogP contribution >= 0.6 is 0 Å². The van der Waals surface area contributed by atoms with E-state index in [0.717, 1.165) is 25.7 Å². The lowest BCUT2D eigenvalue weighted by molar-refractivity contribution is 0.421. The van der Waals surface area contributed by atoms with Crippen molar-refractivity contribution < 1.29 is 8.42 Å². The van der Waals surface area contributed by atoms with E-state index in [4.69, 9.17) is 0 Å². The molecule has 1 heterocycles. The zero-order chi connectivity index (χ0) is 15.5. The first-order valence-corrected chi connectivity index (χ1v) is 8.90. The summed E-state index contributed by atoms with van der Waals surface area (Å²) in [7, 11) is -3.76. The number of nitrogens with one attached hydrogen (secondary N) is 1. The summed E-state index contributed by atoms with van der Waals surface area (Å²) in [5.74, 6) is 0.657. The predicted molar refractivity (Wildman–Crippen MR) is 79.0 cm³/mol. The molecule has 0 amide bonds. The van der Waals surface area contributed by atoms with E-state index < -0.39 is 15.6 Å². The lowest BCUT2D eigenvalue weighted by atomic mass is 9.94. The summed E-state index contributed by atoms with van der Waals surface area (Å²) in [5, 5.41) is 9.48. The zero-order valence-corrected chi connectivity index (χ0v) is 13.4. The molecule has 1 aliphatic rings. The van der Waals surface area contributed by atoms with Crippen molar-refractivity contribution in [3.8, 4) is 6.07 Å². The van der Waals surface area contributed by atoms with E-state index >= 15 is 0 Å². The summed E-state index contributed by atoms with van der Waals surface area (Å²) in [6, 6.07) is 2.19. The Hall–Kier alpha value is -1.39. The number of hydrogen-bond donors (Lipinski definition) is 1. The van der Waals surface area contributed by atoms with Crippen LogP contribution in [0.4, 0.5) is 0 Å². The Morgan fingerprint density at radius 2 is 2.00 bits per heavy atom. The summed E-state index contributed by atoms with van der Waals surface area (Å²) in [5.41, 5.74) is -0.987.